The Balaban J connectivity index is -0.000000108. The third-order valence-electron chi connectivity index (χ3n) is 1.11. The van der Waals surface area contributed by atoms with Crippen LogP contribution in [0.3, 0.4) is 0 Å². The molecule has 0 aliphatic rings. The maximum absolute atomic E-state index is 10.2. The first-order valence-electron chi connectivity index (χ1n) is 3.90. The Bertz CT molecular complexity index is 313. The van der Waals surface area contributed by atoms with Gasteiger partial charge in [0.05, 0.1) is 6.42 Å². The average molecular weight is 413 g/mol. The van der Waals surface area contributed by atoms with Crippen LogP contribution < -0.4 is 0 Å². The summed E-state index contributed by atoms with van der Waals surface area (Å²) >= 11 is 0. The van der Waals surface area contributed by atoms with Crippen molar-refractivity contribution in [2.75, 3.05) is 0 Å². The van der Waals surface area contributed by atoms with E-state index >= 15 is 0 Å². The molecule has 3 N–H and O–H groups in total. The molecule has 0 radical (unpaired) electrons. The Hall–Kier alpha value is 0.711. The molecule has 0 saturated heterocycles. The van der Waals surface area contributed by atoms with Gasteiger partial charge in [0.25, 0.3) is 0 Å². The predicted molar refractivity (Wildman–Crippen MR) is 64.9 cm³/mol. The van der Waals surface area contributed by atoms with Gasteiger partial charge in [0.1, 0.15) is 0 Å². The molecule has 0 atom stereocenters. The average Bonchev–Trinajstić information content (AvgIpc) is 2.14. The Morgan fingerprint density at radius 2 is 1.11 bits per heavy atom. The minimum atomic E-state index is -1.58. The predicted octanol–water partition coefficient (Wildman–Crippen LogP) is -2.67. The molecule has 0 saturated carbocycles. The summed E-state index contributed by atoms with van der Waals surface area (Å²) in [7, 11) is 0. The van der Waals surface area contributed by atoms with Gasteiger partial charge in [-0.2, -0.15) is 0 Å². The third kappa shape index (κ3) is 21.9. The van der Waals surface area contributed by atoms with Gasteiger partial charge in [-0.1, -0.05) is 0 Å². The standard InChI is InChI=1S/C5H6O5.C3H4O3.2Sr.4H/c6-3(5(9)10)1-2-4(7)8;1-2(4)3(5)6;;;;;;/h1-2H2,(H,7,8)(H,9,10);1H3,(H,5,6);;;;;;. The van der Waals surface area contributed by atoms with Crippen molar-refractivity contribution < 1.29 is 39.3 Å². The second kappa shape index (κ2) is 15.8. The van der Waals surface area contributed by atoms with Gasteiger partial charge in [-0.05, 0) is 0 Å². The van der Waals surface area contributed by atoms with Crippen molar-refractivity contribution in [3.63, 3.8) is 0 Å². The van der Waals surface area contributed by atoms with E-state index in [1.54, 1.807) is 0 Å². The zero-order valence-electron chi connectivity index (χ0n) is 8.30. The van der Waals surface area contributed by atoms with Crippen LogP contribution >= 0.6 is 0 Å². The van der Waals surface area contributed by atoms with Crippen LogP contribution in [-0.4, -0.2) is 136 Å². The Labute approximate surface area is 176 Å². The van der Waals surface area contributed by atoms with Crippen LogP contribution in [0.25, 0.3) is 0 Å². The van der Waals surface area contributed by atoms with Crippen molar-refractivity contribution in [3.8, 4) is 0 Å². The van der Waals surface area contributed by atoms with Gasteiger partial charge in [-0.25, -0.2) is 9.59 Å². The summed E-state index contributed by atoms with van der Waals surface area (Å²) in [5.74, 6) is -6.02. The normalized spacial score (nSPS) is 7.39. The molecule has 0 aromatic rings. The first kappa shape index (κ1) is 27.1. The van der Waals surface area contributed by atoms with E-state index in [2.05, 4.69) is 0 Å². The number of carbonyl (C=O) groups excluding carboxylic acids is 2. The SMILES string of the molecule is CC(=O)C(=O)O.O=C(O)CCC(=O)C(=O)O.[SrH2].[SrH2]. The summed E-state index contributed by atoms with van der Waals surface area (Å²) in [6.07, 6.45) is -0.865. The number of ketones is 2. The summed E-state index contributed by atoms with van der Waals surface area (Å²) in [6.45, 7) is 1.00. The minimum absolute atomic E-state index is 0. The van der Waals surface area contributed by atoms with Crippen molar-refractivity contribution in [1.82, 2.24) is 0 Å². The fourth-order valence-electron chi connectivity index (χ4n) is 0.327. The number of rotatable bonds is 5. The molecule has 0 aliphatic carbocycles. The molecular weight excluding hydrogens is 399 g/mol. The van der Waals surface area contributed by atoms with Crippen LogP contribution in [0.1, 0.15) is 19.8 Å². The number of carboxylic acid groups (broad SMARTS) is 3. The van der Waals surface area contributed by atoms with Gasteiger partial charge >= 0.3 is 109 Å². The first-order chi connectivity index (χ1) is 7.18. The van der Waals surface area contributed by atoms with E-state index in [1.807, 2.05) is 0 Å². The second-order valence-corrected chi connectivity index (χ2v) is 2.48. The van der Waals surface area contributed by atoms with Gasteiger partial charge in [0.15, 0.2) is 0 Å². The molecule has 0 heterocycles. The van der Waals surface area contributed by atoms with Crippen molar-refractivity contribution in [1.29, 1.82) is 0 Å². The fourth-order valence-corrected chi connectivity index (χ4v) is 0.327. The fraction of sp³-hybridized carbons (Fsp3) is 0.375. The molecule has 0 aliphatic heterocycles. The summed E-state index contributed by atoms with van der Waals surface area (Å²) < 4.78 is 0. The third-order valence-corrected chi connectivity index (χ3v) is 1.11. The Kier molecular flexibility index (Phi) is 23.8. The zero-order valence-corrected chi connectivity index (χ0v) is 8.30. The van der Waals surface area contributed by atoms with E-state index in [1.165, 1.54) is 0 Å². The topological polar surface area (TPSA) is 146 Å². The van der Waals surface area contributed by atoms with Crippen LogP contribution in [-0.2, 0) is 24.0 Å². The van der Waals surface area contributed by atoms with Crippen molar-refractivity contribution in [2.24, 2.45) is 0 Å². The van der Waals surface area contributed by atoms with Gasteiger partial charge in [-0.3, -0.25) is 14.4 Å². The molecule has 98 valence electrons. The van der Waals surface area contributed by atoms with Crippen LogP contribution in [0.5, 0.6) is 0 Å². The number of carboxylic acids is 3. The second-order valence-electron chi connectivity index (χ2n) is 2.48. The van der Waals surface area contributed by atoms with Crippen LogP contribution in [0.15, 0.2) is 0 Å². The van der Waals surface area contributed by atoms with Gasteiger partial charge < -0.3 is 15.3 Å². The summed E-state index contributed by atoms with van der Waals surface area (Å²) in [5, 5.41) is 23.6. The molecule has 0 amide bonds. The molecule has 0 fully saturated rings. The summed E-state index contributed by atoms with van der Waals surface area (Å²) in [5.41, 5.74) is 0. The molecule has 0 bridgehead atoms. The molecule has 0 unspecified atom stereocenters. The monoisotopic (exact) mass is 414 g/mol. The van der Waals surface area contributed by atoms with Crippen LogP contribution in [0.2, 0.25) is 0 Å². The van der Waals surface area contributed by atoms with E-state index in [9.17, 15) is 24.0 Å². The molecule has 8 nitrogen and oxygen atoms in total. The van der Waals surface area contributed by atoms with Crippen LogP contribution in [0, 0.1) is 0 Å². The van der Waals surface area contributed by atoms with Crippen molar-refractivity contribution in [3.05, 3.63) is 0 Å². The van der Waals surface area contributed by atoms with E-state index in [4.69, 9.17) is 15.3 Å². The zero-order chi connectivity index (χ0) is 13.3. The number of hydrogen-bond donors (Lipinski definition) is 3. The molecule has 18 heavy (non-hydrogen) atoms. The maximum atomic E-state index is 10.2. The van der Waals surface area contributed by atoms with Crippen molar-refractivity contribution >= 4 is 120 Å². The number of Topliss-reactive ketones (excluding diaryl/α,β-unsaturated/α-hetero) is 2. The van der Waals surface area contributed by atoms with E-state index in [0.717, 1.165) is 6.92 Å². The Morgan fingerprint density at radius 3 is 1.28 bits per heavy atom. The van der Waals surface area contributed by atoms with E-state index < -0.39 is 42.3 Å². The molecule has 0 aromatic carbocycles. The van der Waals surface area contributed by atoms with Gasteiger partial charge in [0.2, 0.25) is 11.6 Å². The number of carbonyl (C=O) groups is 5. The molecular formula is C8H14O8Sr2. The molecule has 0 spiro atoms. The van der Waals surface area contributed by atoms with E-state index in [-0.39, 0.29) is 91.0 Å². The molecule has 0 aromatic heterocycles. The molecule has 0 rings (SSSR count). The van der Waals surface area contributed by atoms with Crippen molar-refractivity contribution in [2.45, 2.75) is 19.8 Å². The van der Waals surface area contributed by atoms with E-state index in [0.29, 0.717) is 0 Å². The summed E-state index contributed by atoms with van der Waals surface area (Å²) in [4.78, 5) is 48.6. The van der Waals surface area contributed by atoms with Crippen LogP contribution in [0.4, 0.5) is 0 Å². The Morgan fingerprint density at radius 1 is 0.778 bits per heavy atom. The first-order valence-corrected chi connectivity index (χ1v) is 3.90. The quantitative estimate of drug-likeness (QED) is 0.327. The summed E-state index contributed by atoms with van der Waals surface area (Å²) in [6, 6.07) is 0. The number of hydrogen-bond acceptors (Lipinski definition) is 5. The van der Waals surface area contributed by atoms with Gasteiger partial charge in [0, 0.05) is 13.3 Å². The van der Waals surface area contributed by atoms with Gasteiger partial charge in [-0.15, -0.1) is 0 Å². The number of aliphatic carboxylic acids is 3. The molecule has 10 heteroatoms.